The minimum atomic E-state index is -0.211. The molecule has 0 unspecified atom stereocenters. The van der Waals surface area contributed by atoms with Crippen LogP contribution in [0, 0.1) is 0 Å². The van der Waals surface area contributed by atoms with E-state index in [9.17, 15) is 4.79 Å². The van der Waals surface area contributed by atoms with Gasteiger partial charge in [-0.25, -0.2) is 4.79 Å². The third-order valence-electron chi connectivity index (χ3n) is 0.806. The van der Waals surface area contributed by atoms with Crippen molar-refractivity contribution in [3.63, 3.8) is 0 Å². The minimum Gasteiger partial charge on any atom is -0.459 e. The average molecular weight is 95.9 g/mol. The standard InChI is InChI=1S/C4H5BO2/c5-3-1-4(6)7-2-3/h1H,2,5H2. The van der Waals surface area contributed by atoms with Crippen LogP contribution in [0.4, 0.5) is 0 Å². The summed E-state index contributed by atoms with van der Waals surface area (Å²) in [6.07, 6.45) is 1.50. The quantitative estimate of drug-likeness (QED) is 0.287. The first-order valence-corrected chi connectivity index (χ1v) is 2.13. The van der Waals surface area contributed by atoms with Crippen molar-refractivity contribution in [2.45, 2.75) is 0 Å². The van der Waals surface area contributed by atoms with E-state index in [1.165, 1.54) is 6.08 Å². The summed E-state index contributed by atoms with van der Waals surface area (Å²) in [5.41, 5.74) is 1.00. The van der Waals surface area contributed by atoms with E-state index in [2.05, 4.69) is 4.74 Å². The van der Waals surface area contributed by atoms with Gasteiger partial charge in [-0.2, -0.15) is 0 Å². The van der Waals surface area contributed by atoms with E-state index < -0.39 is 0 Å². The molecule has 1 heterocycles. The highest BCUT2D eigenvalue weighted by Gasteiger charge is 2.06. The molecule has 1 rings (SSSR count). The maximum absolute atomic E-state index is 10.2. The van der Waals surface area contributed by atoms with Crippen LogP contribution in [-0.2, 0) is 9.53 Å². The van der Waals surface area contributed by atoms with Gasteiger partial charge in [0.15, 0.2) is 0 Å². The van der Waals surface area contributed by atoms with Crippen LogP contribution in [0.3, 0.4) is 0 Å². The number of hydrogen-bond donors (Lipinski definition) is 0. The molecule has 0 amide bonds. The van der Waals surface area contributed by atoms with Gasteiger partial charge in [-0.05, 0) is 0 Å². The van der Waals surface area contributed by atoms with E-state index in [4.69, 9.17) is 0 Å². The fourth-order valence-electron chi connectivity index (χ4n) is 0.469. The van der Waals surface area contributed by atoms with Crippen molar-refractivity contribution < 1.29 is 9.53 Å². The lowest BCUT2D eigenvalue weighted by Gasteiger charge is -1.85. The molecule has 0 N–H and O–H groups in total. The first-order valence-electron chi connectivity index (χ1n) is 2.13. The molecule has 1 aliphatic rings. The van der Waals surface area contributed by atoms with Crippen molar-refractivity contribution in [1.82, 2.24) is 0 Å². The molecular weight excluding hydrogens is 90.9 g/mol. The maximum Gasteiger partial charge on any atom is 0.330 e. The van der Waals surface area contributed by atoms with Gasteiger partial charge in [0.1, 0.15) is 14.5 Å². The summed E-state index contributed by atoms with van der Waals surface area (Å²) in [6.45, 7) is 0.485. The molecule has 2 nitrogen and oxygen atoms in total. The van der Waals surface area contributed by atoms with Crippen molar-refractivity contribution in [1.29, 1.82) is 0 Å². The Morgan fingerprint density at radius 3 is 2.71 bits per heavy atom. The highest BCUT2D eigenvalue weighted by atomic mass is 16.5. The van der Waals surface area contributed by atoms with E-state index in [0.717, 1.165) is 5.47 Å². The fourth-order valence-corrected chi connectivity index (χ4v) is 0.469. The number of esters is 1. The SMILES string of the molecule is BC1=CC(=O)OC1. The molecule has 1 aliphatic heterocycles. The van der Waals surface area contributed by atoms with Gasteiger partial charge in [-0.15, -0.1) is 0 Å². The third-order valence-corrected chi connectivity index (χ3v) is 0.806. The van der Waals surface area contributed by atoms with Crippen LogP contribution in [-0.4, -0.2) is 20.4 Å². The minimum absolute atomic E-state index is 0.211. The number of rotatable bonds is 0. The summed E-state index contributed by atoms with van der Waals surface area (Å²) < 4.78 is 4.53. The summed E-state index contributed by atoms with van der Waals surface area (Å²) in [4.78, 5) is 10.2. The molecule has 0 aromatic rings. The van der Waals surface area contributed by atoms with Gasteiger partial charge >= 0.3 is 5.97 Å². The molecule has 0 fully saturated rings. The monoisotopic (exact) mass is 96.0 g/mol. The first-order chi connectivity index (χ1) is 3.29. The molecule has 7 heavy (non-hydrogen) atoms. The summed E-state index contributed by atoms with van der Waals surface area (Å²) >= 11 is 0. The molecular formula is C4H5BO2. The molecule has 0 spiro atoms. The van der Waals surface area contributed by atoms with E-state index in [1.807, 2.05) is 7.85 Å². The molecule has 0 bridgehead atoms. The molecule has 3 heteroatoms. The van der Waals surface area contributed by atoms with E-state index in [1.54, 1.807) is 0 Å². The van der Waals surface area contributed by atoms with Gasteiger partial charge in [0.05, 0.1) is 0 Å². The summed E-state index contributed by atoms with van der Waals surface area (Å²) in [7, 11) is 1.87. The Morgan fingerprint density at radius 1 is 1.86 bits per heavy atom. The fraction of sp³-hybridized carbons (Fsp3) is 0.250. The van der Waals surface area contributed by atoms with Crippen molar-refractivity contribution in [2.75, 3.05) is 6.61 Å². The maximum atomic E-state index is 10.2. The van der Waals surface area contributed by atoms with Gasteiger partial charge in [-0.1, -0.05) is 5.47 Å². The number of carbonyl (C=O) groups excluding carboxylic acids is 1. The molecule has 0 saturated heterocycles. The van der Waals surface area contributed by atoms with Crippen LogP contribution in [0.25, 0.3) is 0 Å². The van der Waals surface area contributed by atoms with E-state index in [-0.39, 0.29) is 5.97 Å². The molecule has 0 aliphatic carbocycles. The van der Waals surface area contributed by atoms with Crippen LogP contribution in [0.2, 0.25) is 0 Å². The predicted molar refractivity (Wildman–Crippen MR) is 27.6 cm³/mol. The zero-order chi connectivity index (χ0) is 5.28. The number of ether oxygens (including phenoxy) is 1. The molecule has 0 aromatic heterocycles. The Kier molecular flexibility index (Phi) is 0.892. The predicted octanol–water partition coefficient (Wildman–Crippen LogP) is -0.940. The largest absolute Gasteiger partial charge is 0.459 e. The highest BCUT2D eigenvalue weighted by Crippen LogP contribution is 1.98. The van der Waals surface area contributed by atoms with Crippen LogP contribution in [0.15, 0.2) is 11.5 Å². The summed E-state index contributed by atoms with van der Waals surface area (Å²) in [5, 5.41) is 0. The highest BCUT2D eigenvalue weighted by molar-refractivity contribution is 6.24. The lowest BCUT2D eigenvalue weighted by atomic mass is 9.98. The van der Waals surface area contributed by atoms with Gasteiger partial charge in [0, 0.05) is 6.08 Å². The second kappa shape index (κ2) is 1.41. The van der Waals surface area contributed by atoms with Gasteiger partial charge < -0.3 is 4.74 Å². The average Bonchev–Trinajstić information content (AvgIpc) is 1.87. The molecule has 0 atom stereocenters. The topological polar surface area (TPSA) is 26.3 Å². The van der Waals surface area contributed by atoms with E-state index in [0.29, 0.717) is 6.61 Å². The molecule has 0 radical (unpaired) electrons. The number of cyclic esters (lactones) is 1. The Balaban J connectivity index is 2.67. The third kappa shape index (κ3) is 0.826. The first kappa shape index (κ1) is 4.43. The summed E-state index contributed by atoms with van der Waals surface area (Å²) in [6, 6.07) is 0. The summed E-state index contributed by atoms with van der Waals surface area (Å²) in [5.74, 6) is -0.211. The normalized spacial score (nSPS) is 18.9. The van der Waals surface area contributed by atoms with Gasteiger partial charge in [-0.3, -0.25) is 0 Å². The van der Waals surface area contributed by atoms with Crippen LogP contribution >= 0.6 is 0 Å². The van der Waals surface area contributed by atoms with Crippen LogP contribution in [0.1, 0.15) is 0 Å². The molecule has 0 aromatic carbocycles. The second-order valence-electron chi connectivity index (χ2n) is 1.60. The zero-order valence-corrected chi connectivity index (χ0v) is 4.10. The smallest absolute Gasteiger partial charge is 0.330 e. The number of hydrogen-bond acceptors (Lipinski definition) is 2. The Hall–Kier alpha value is -0.725. The lowest BCUT2D eigenvalue weighted by Crippen LogP contribution is -1.90. The Labute approximate surface area is 42.6 Å². The van der Waals surface area contributed by atoms with E-state index >= 15 is 0 Å². The zero-order valence-electron chi connectivity index (χ0n) is 4.10. The lowest BCUT2D eigenvalue weighted by molar-refractivity contribution is -0.134. The molecule has 36 valence electrons. The molecule has 0 saturated carbocycles. The Bertz CT molecular complexity index is 128. The second-order valence-corrected chi connectivity index (χ2v) is 1.60. The van der Waals surface area contributed by atoms with Crippen LogP contribution < -0.4 is 0 Å². The van der Waals surface area contributed by atoms with Crippen LogP contribution in [0.5, 0.6) is 0 Å². The van der Waals surface area contributed by atoms with Crippen molar-refractivity contribution >= 4 is 13.8 Å². The van der Waals surface area contributed by atoms with Crippen molar-refractivity contribution in [2.24, 2.45) is 0 Å². The van der Waals surface area contributed by atoms with Gasteiger partial charge in [0.25, 0.3) is 0 Å². The number of carbonyl (C=O) groups is 1. The Morgan fingerprint density at radius 2 is 2.57 bits per heavy atom. The van der Waals surface area contributed by atoms with Crippen molar-refractivity contribution in [3.05, 3.63) is 11.5 Å². The van der Waals surface area contributed by atoms with Crippen molar-refractivity contribution in [3.8, 4) is 0 Å². The van der Waals surface area contributed by atoms with Gasteiger partial charge in [0.2, 0.25) is 0 Å².